The van der Waals surface area contributed by atoms with Gasteiger partial charge in [0.25, 0.3) is 0 Å². The van der Waals surface area contributed by atoms with E-state index < -0.39 is 0 Å². The van der Waals surface area contributed by atoms with Crippen molar-refractivity contribution in [1.29, 1.82) is 0 Å². The highest BCUT2D eigenvalue weighted by Crippen LogP contribution is 2.24. The molecule has 0 fully saturated rings. The summed E-state index contributed by atoms with van der Waals surface area (Å²) in [4.78, 5) is 70.5. The number of amides is 5. The second-order valence-corrected chi connectivity index (χ2v) is 27.2. The van der Waals surface area contributed by atoms with Crippen LogP contribution in [0.1, 0.15) is 98.8 Å². The molecule has 0 rings (SSSR count). The van der Waals surface area contributed by atoms with Gasteiger partial charge in [-0.15, -0.1) is 0 Å². The van der Waals surface area contributed by atoms with Gasteiger partial charge in [-0.05, 0) is 37.9 Å². The molecule has 66 heavy (non-hydrogen) atoms. The van der Waals surface area contributed by atoms with E-state index >= 15 is 0 Å². The Morgan fingerprint density at radius 3 is 0.742 bits per heavy atom. The van der Waals surface area contributed by atoms with Crippen LogP contribution in [-0.2, 0) is 24.0 Å². The van der Waals surface area contributed by atoms with Gasteiger partial charge in [0.15, 0.2) is 0 Å². The molecule has 0 spiro atoms. The van der Waals surface area contributed by atoms with Crippen molar-refractivity contribution in [2.75, 3.05) is 149 Å². The number of carbonyl (C=O) groups is 5. The Balaban J connectivity index is 5.81. The smallest absolute Gasteiger partial charge is 0.220 e. The molecule has 5 amide bonds. The Labute approximate surface area is 437 Å². The molecule has 0 heterocycles. The molecule has 0 saturated heterocycles. The standard InChI is InChI=1S/C44H88N8O5S9/c1-6-30-58-35-11-40(53)45-16-21-50(22-17-46-41(54)12-36-63-59-31-7-2)26-28-52(25-20-49-44(57)15-39-66-62-34-10-5)29-27-51(23-18-47-42(55)13-37-64-60-32-8-3)24-19-48-43(56)14-38-65-61-33-9-4/h6-39H2,1-5H3,(H,45,53)(H,46,54)(H,47,55)(H,48,56)(H,49,57). The van der Waals surface area contributed by atoms with E-state index in [0.29, 0.717) is 104 Å². The minimum atomic E-state index is 0.0544. The van der Waals surface area contributed by atoms with Gasteiger partial charge < -0.3 is 26.6 Å². The van der Waals surface area contributed by atoms with Gasteiger partial charge in [0.2, 0.25) is 29.5 Å². The zero-order chi connectivity index (χ0) is 48.6. The molecule has 388 valence electrons. The van der Waals surface area contributed by atoms with Crippen LogP contribution in [0.4, 0.5) is 0 Å². The lowest BCUT2D eigenvalue weighted by Gasteiger charge is -2.30. The van der Waals surface area contributed by atoms with Crippen LogP contribution in [0.25, 0.3) is 0 Å². The minimum Gasteiger partial charge on any atom is -0.355 e. The Kier molecular flexibility index (Phi) is 52.0. The van der Waals surface area contributed by atoms with Crippen molar-refractivity contribution in [3.63, 3.8) is 0 Å². The average Bonchev–Trinajstić information content (AvgIpc) is 3.30. The van der Waals surface area contributed by atoms with Gasteiger partial charge in [0, 0.05) is 176 Å². The third-order valence-corrected chi connectivity index (χ3v) is 20.8. The van der Waals surface area contributed by atoms with Gasteiger partial charge in [0.05, 0.1) is 0 Å². The van der Waals surface area contributed by atoms with Crippen molar-refractivity contribution < 1.29 is 24.0 Å². The molecule has 13 nitrogen and oxygen atoms in total. The molecular formula is C44H88N8O5S9. The summed E-state index contributed by atoms with van der Waals surface area (Å²) < 4.78 is 0. The minimum absolute atomic E-state index is 0.0544. The SMILES string of the molecule is CCCSCCC(=O)NCCN(CCNC(=O)CCSSCCC)CCN(CCNC(=O)CCSSCCC)CCN(CCNC(=O)CCSSCCC)CCNC(=O)CCSSCCC. The lowest BCUT2D eigenvalue weighted by Crippen LogP contribution is -2.47. The largest absolute Gasteiger partial charge is 0.355 e. The molecule has 0 aromatic carbocycles. The second-order valence-electron chi connectivity index (χ2n) is 15.2. The van der Waals surface area contributed by atoms with Crippen LogP contribution >= 0.6 is 98.1 Å². The van der Waals surface area contributed by atoms with E-state index in [1.54, 1.807) is 54.9 Å². The summed E-state index contributed by atoms with van der Waals surface area (Å²) in [5, 5.41) is 15.6. The number of nitrogens with one attached hydrogen (secondary N) is 5. The van der Waals surface area contributed by atoms with E-state index in [-0.39, 0.29) is 29.5 Å². The van der Waals surface area contributed by atoms with E-state index in [2.05, 4.69) is 75.9 Å². The van der Waals surface area contributed by atoms with Crippen molar-refractivity contribution in [1.82, 2.24) is 41.3 Å². The Bertz CT molecular complexity index is 1160. The van der Waals surface area contributed by atoms with Crippen LogP contribution in [0.3, 0.4) is 0 Å². The molecule has 5 N–H and O–H groups in total. The van der Waals surface area contributed by atoms with E-state index in [1.807, 2.05) is 43.2 Å². The number of hydrogen-bond acceptors (Lipinski definition) is 17. The third kappa shape index (κ3) is 46.7. The lowest BCUT2D eigenvalue weighted by atomic mass is 10.3. The van der Waals surface area contributed by atoms with Gasteiger partial charge in [-0.3, -0.25) is 38.7 Å². The van der Waals surface area contributed by atoms with Crippen molar-refractivity contribution in [2.45, 2.75) is 98.8 Å². The summed E-state index contributed by atoms with van der Waals surface area (Å²) in [7, 11) is 14.2. The van der Waals surface area contributed by atoms with E-state index in [4.69, 9.17) is 0 Å². The first-order chi connectivity index (χ1) is 32.2. The van der Waals surface area contributed by atoms with Crippen molar-refractivity contribution >= 4 is 128 Å². The molecule has 0 atom stereocenters. The molecule has 0 aliphatic heterocycles. The Morgan fingerprint density at radius 1 is 0.288 bits per heavy atom. The highest BCUT2D eigenvalue weighted by Gasteiger charge is 2.15. The van der Waals surface area contributed by atoms with Crippen molar-refractivity contribution in [2.24, 2.45) is 0 Å². The first-order valence-electron chi connectivity index (χ1n) is 24.2. The Morgan fingerprint density at radius 2 is 0.500 bits per heavy atom. The van der Waals surface area contributed by atoms with Gasteiger partial charge in [-0.1, -0.05) is 121 Å². The normalized spacial score (nSPS) is 11.4. The highest BCUT2D eigenvalue weighted by atomic mass is 33.1. The summed E-state index contributed by atoms with van der Waals surface area (Å²) in [5.74, 6) is 9.63. The van der Waals surface area contributed by atoms with Crippen LogP contribution in [0.2, 0.25) is 0 Å². The summed E-state index contributed by atoms with van der Waals surface area (Å²) >= 11 is 1.81. The third-order valence-electron chi connectivity index (χ3n) is 9.17. The monoisotopic (exact) mass is 1100 g/mol. The van der Waals surface area contributed by atoms with Crippen LogP contribution in [0.5, 0.6) is 0 Å². The highest BCUT2D eigenvalue weighted by molar-refractivity contribution is 8.77. The maximum Gasteiger partial charge on any atom is 0.220 e. The summed E-state index contributed by atoms with van der Waals surface area (Å²) in [5.41, 5.74) is 0. The molecule has 0 radical (unpaired) electrons. The van der Waals surface area contributed by atoms with Crippen LogP contribution in [0.15, 0.2) is 0 Å². The van der Waals surface area contributed by atoms with Crippen LogP contribution in [-0.4, -0.2) is 193 Å². The Hall–Kier alpha value is 0.380. The number of rotatable bonds is 50. The fraction of sp³-hybridized carbons (Fsp3) is 0.886. The van der Waals surface area contributed by atoms with Gasteiger partial charge >= 0.3 is 0 Å². The molecule has 0 bridgehead atoms. The molecule has 0 aliphatic carbocycles. The first kappa shape index (κ1) is 66.4. The maximum atomic E-state index is 12.8. The summed E-state index contributed by atoms with van der Waals surface area (Å²) in [6.07, 6.45) is 8.03. The quantitative estimate of drug-likeness (QED) is 0.0298. The molecule has 0 aromatic rings. The van der Waals surface area contributed by atoms with Crippen molar-refractivity contribution in [3.05, 3.63) is 0 Å². The van der Waals surface area contributed by atoms with Gasteiger partial charge in [-0.25, -0.2) is 0 Å². The van der Waals surface area contributed by atoms with E-state index in [1.165, 1.54) is 0 Å². The predicted molar refractivity (Wildman–Crippen MR) is 306 cm³/mol. The molecule has 0 aromatic heterocycles. The maximum absolute atomic E-state index is 12.8. The topological polar surface area (TPSA) is 155 Å². The second kappa shape index (κ2) is 51.7. The average molecular weight is 1100 g/mol. The summed E-state index contributed by atoms with van der Waals surface area (Å²) in [6, 6.07) is 0. The summed E-state index contributed by atoms with van der Waals surface area (Å²) in [6.45, 7) is 19.6. The fourth-order valence-corrected chi connectivity index (χ4v) is 14.9. The fourth-order valence-electron chi connectivity index (χ4n) is 5.53. The van der Waals surface area contributed by atoms with Crippen LogP contribution < -0.4 is 26.6 Å². The van der Waals surface area contributed by atoms with E-state index in [9.17, 15) is 24.0 Å². The number of nitrogens with zero attached hydrogens (tertiary/aromatic N) is 3. The van der Waals surface area contributed by atoms with E-state index in [0.717, 1.165) is 109 Å². The molecule has 0 aliphatic rings. The molecule has 0 saturated carbocycles. The van der Waals surface area contributed by atoms with Crippen LogP contribution in [0, 0.1) is 0 Å². The number of thioether (sulfide) groups is 1. The predicted octanol–water partition coefficient (Wildman–Crippen LogP) is 7.73. The lowest BCUT2D eigenvalue weighted by molar-refractivity contribution is -0.121. The van der Waals surface area contributed by atoms with Gasteiger partial charge in [0.1, 0.15) is 0 Å². The number of hydrogen-bond donors (Lipinski definition) is 5. The molecule has 22 heteroatoms. The zero-order valence-electron chi connectivity index (χ0n) is 41.1. The molecular weight excluding hydrogens is 1010 g/mol. The number of carbonyl (C=O) groups excluding carboxylic acids is 5. The zero-order valence-corrected chi connectivity index (χ0v) is 48.4. The van der Waals surface area contributed by atoms with Gasteiger partial charge in [-0.2, -0.15) is 11.8 Å². The van der Waals surface area contributed by atoms with Crippen molar-refractivity contribution in [3.8, 4) is 0 Å². The molecule has 0 unspecified atom stereocenters. The first-order valence-corrected chi connectivity index (χ1v) is 35.3.